The van der Waals surface area contributed by atoms with Gasteiger partial charge in [-0.15, -0.1) is 11.3 Å². The predicted molar refractivity (Wildman–Crippen MR) is 79.3 cm³/mol. The van der Waals surface area contributed by atoms with E-state index < -0.39 is 0 Å². The van der Waals surface area contributed by atoms with Crippen LogP contribution in [0.15, 0.2) is 23.7 Å². The van der Waals surface area contributed by atoms with Crippen molar-refractivity contribution in [1.29, 1.82) is 0 Å². The first kappa shape index (κ1) is 12.8. The van der Waals surface area contributed by atoms with Crippen molar-refractivity contribution in [1.82, 2.24) is 20.4 Å². The number of likely N-dealkylation sites (tertiary alicyclic amines) is 1. The molecule has 0 saturated carbocycles. The summed E-state index contributed by atoms with van der Waals surface area (Å²) in [6, 6.07) is 4.86. The van der Waals surface area contributed by atoms with Crippen molar-refractivity contribution >= 4 is 11.3 Å². The van der Waals surface area contributed by atoms with Crippen LogP contribution in [0.1, 0.15) is 18.4 Å². The molecule has 3 heterocycles. The van der Waals surface area contributed by atoms with E-state index in [1.165, 1.54) is 36.4 Å². The average Bonchev–Trinajstić information content (AvgIpc) is 3.08. The van der Waals surface area contributed by atoms with Gasteiger partial charge >= 0.3 is 0 Å². The van der Waals surface area contributed by atoms with Crippen molar-refractivity contribution in [3.05, 3.63) is 29.3 Å². The summed E-state index contributed by atoms with van der Waals surface area (Å²) in [5, 5.41) is 13.1. The van der Waals surface area contributed by atoms with Gasteiger partial charge in [0.25, 0.3) is 0 Å². The maximum atomic E-state index is 4.19. The molecule has 0 aromatic carbocycles. The first-order chi connectivity index (χ1) is 9.33. The minimum Gasteiger partial charge on any atom is -0.310 e. The SMILES string of the molecule is CN1CCC(NCc2cn[nH]c2-c2cccs2)CC1. The molecule has 0 amide bonds. The van der Waals surface area contributed by atoms with E-state index in [0.717, 1.165) is 12.2 Å². The number of thiophene rings is 1. The molecule has 2 N–H and O–H groups in total. The Labute approximate surface area is 117 Å². The first-order valence-corrected chi connectivity index (χ1v) is 7.69. The average molecular weight is 276 g/mol. The van der Waals surface area contributed by atoms with Crippen LogP contribution in [0.2, 0.25) is 0 Å². The molecular weight excluding hydrogens is 256 g/mol. The van der Waals surface area contributed by atoms with Gasteiger partial charge in [-0.05, 0) is 44.4 Å². The summed E-state index contributed by atoms with van der Waals surface area (Å²) in [6.45, 7) is 3.29. The van der Waals surface area contributed by atoms with E-state index in [9.17, 15) is 0 Å². The summed E-state index contributed by atoms with van der Waals surface area (Å²) in [5.41, 5.74) is 2.43. The van der Waals surface area contributed by atoms with Crippen LogP contribution in [-0.4, -0.2) is 41.3 Å². The Kier molecular flexibility index (Phi) is 3.96. The summed E-state index contributed by atoms with van der Waals surface area (Å²) in [6.07, 6.45) is 4.42. The van der Waals surface area contributed by atoms with Gasteiger partial charge in [0.05, 0.1) is 16.8 Å². The standard InChI is InChI=1S/C14H20N4S/c1-18-6-4-12(5-7-18)15-9-11-10-16-17-14(11)13-3-2-8-19-13/h2-3,8,10,12,15H,4-7,9H2,1H3,(H,16,17). The van der Waals surface area contributed by atoms with Crippen molar-refractivity contribution < 1.29 is 0 Å². The molecule has 5 heteroatoms. The molecule has 102 valence electrons. The molecule has 0 radical (unpaired) electrons. The first-order valence-electron chi connectivity index (χ1n) is 6.81. The number of nitrogens with one attached hydrogen (secondary N) is 2. The Morgan fingerprint density at radius 1 is 1.47 bits per heavy atom. The topological polar surface area (TPSA) is 44.0 Å². The molecule has 0 atom stereocenters. The lowest BCUT2D eigenvalue weighted by atomic mass is 10.1. The fourth-order valence-electron chi connectivity index (χ4n) is 2.55. The third-order valence-corrected chi connectivity index (χ3v) is 4.67. The number of piperidine rings is 1. The second kappa shape index (κ2) is 5.86. The molecule has 0 unspecified atom stereocenters. The van der Waals surface area contributed by atoms with Crippen molar-refractivity contribution in [3.63, 3.8) is 0 Å². The number of aromatic amines is 1. The van der Waals surface area contributed by atoms with Crippen molar-refractivity contribution in [2.75, 3.05) is 20.1 Å². The Morgan fingerprint density at radius 2 is 2.32 bits per heavy atom. The molecule has 1 saturated heterocycles. The predicted octanol–water partition coefficient (Wildman–Crippen LogP) is 2.32. The van der Waals surface area contributed by atoms with Gasteiger partial charge in [-0.1, -0.05) is 6.07 Å². The molecule has 3 rings (SSSR count). The smallest absolute Gasteiger partial charge is 0.0794 e. The molecule has 4 nitrogen and oxygen atoms in total. The molecule has 0 bridgehead atoms. The molecule has 2 aromatic rings. The second-order valence-electron chi connectivity index (χ2n) is 5.21. The van der Waals surface area contributed by atoms with Gasteiger partial charge in [-0.3, -0.25) is 5.10 Å². The quantitative estimate of drug-likeness (QED) is 0.901. The summed E-state index contributed by atoms with van der Waals surface area (Å²) in [4.78, 5) is 3.66. The van der Waals surface area contributed by atoms with Gasteiger partial charge in [0.15, 0.2) is 0 Å². The summed E-state index contributed by atoms with van der Waals surface area (Å²) < 4.78 is 0. The van der Waals surface area contributed by atoms with E-state index in [4.69, 9.17) is 0 Å². The molecule has 1 aliphatic heterocycles. The Bertz CT molecular complexity index is 497. The molecule has 1 aliphatic rings. The second-order valence-corrected chi connectivity index (χ2v) is 6.15. The Morgan fingerprint density at radius 3 is 3.05 bits per heavy atom. The van der Waals surface area contributed by atoms with Crippen LogP contribution in [0.5, 0.6) is 0 Å². The zero-order chi connectivity index (χ0) is 13.1. The molecule has 0 spiro atoms. The van der Waals surface area contributed by atoms with Gasteiger partial charge in [0, 0.05) is 18.2 Å². The fourth-order valence-corrected chi connectivity index (χ4v) is 3.30. The zero-order valence-corrected chi connectivity index (χ0v) is 12.0. The summed E-state index contributed by atoms with van der Waals surface area (Å²) in [7, 11) is 2.20. The largest absolute Gasteiger partial charge is 0.310 e. The van der Waals surface area contributed by atoms with Crippen LogP contribution in [-0.2, 0) is 6.54 Å². The minimum absolute atomic E-state index is 0.641. The van der Waals surface area contributed by atoms with E-state index >= 15 is 0 Å². The van der Waals surface area contributed by atoms with Crippen molar-refractivity contribution in [2.24, 2.45) is 0 Å². The number of aromatic nitrogens is 2. The number of H-pyrrole nitrogens is 1. The van der Waals surface area contributed by atoms with Crippen LogP contribution in [0.25, 0.3) is 10.6 Å². The zero-order valence-electron chi connectivity index (χ0n) is 11.2. The normalized spacial score (nSPS) is 17.9. The highest BCUT2D eigenvalue weighted by Crippen LogP contribution is 2.25. The van der Waals surface area contributed by atoms with E-state index in [0.29, 0.717) is 6.04 Å². The fraction of sp³-hybridized carbons (Fsp3) is 0.500. The summed E-state index contributed by atoms with van der Waals surface area (Å²) >= 11 is 1.75. The van der Waals surface area contributed by atoms with E-state index in [1.807, 2.05) is 6.20 Å². The Balaban J connectivity index is 1.60. The molecule has 19 heavy (non-hydrogen) atoms. The highest BCUT2D eigenvalue weighted by atomic mass is 32.1. The lowest BCUT2D eigenvalue weighted by molar-refractivity contribution is 0.234. The molecule has 2 aromatic heterocycles. The van der Waals surface area contributed by atoms with Crippen molar-refractivity contribution in [3.8, 4) is 10.6 Å². The van der Waals surface area contributed by atoms with E-state index in [-0.39, 0.29) is 0 Å². The molecule has 0 aliphatic carbocycles. The Hall–Kier alpha value is -1.17. The lowest BCUT2D eigenvalue weighted by Gasteiger charge is -2.29. The third kappa shape index (κ3) is 3.05. The van der Waals surface area contributed by atoms with Gasteiger partial charge in [0.1, 0.15) is 0 Å². The monoisotopic (exact) mass is 276 g/mol. The van der Waals surface area contributed by atoms with Crippen molar-refractivity contribution in [2.45, 2.75) is 25.4 Å². The van der Waals surface area contributed by atoms with E-state index in [2.05, 4.69) is 45.0 Å². The summed E-state index contributed by atoms with van der Waals surface area (Å²) in [5.74, 6) is 0. The van der Waals surface area contributed by atoms with Crippen LogP contribution < -0.4 is 5.32 Å². The minimum atomic E-state index is 0.641. The van der Waals surface area contributed by atoms with E-state index in [1.54, 1.807) is 11.3 Å². The maximum Gasteiger partial charge on any atom is 0.0794 e. The van der Waals surface area contributed by atoms with Crippen LogP contribution in [0.4, 0.5) is 0 Å². The van der Waals surface area contributed by atoms with Crippen LogP contribution in [0, 0.1) is 0 Å². The van der Waals surface area contributed by atoms with Gasteiger partial charge in [-0.25, -0.2) is 0 Å². The maximum absolute atomic E-state index is 4.19. The molecular formula is C14H20N4S. The third-order valence-electron chi connectivity index (χ3n) is 3.79. The highest BCUT2D eigenvalue weighted by molar-refractivity contribution is 7.13. The van der Waals surface area contributed by atoms with Gasteiger partial charge in [0.2, 0.25) is 0 Å². The number of hydrogen-bond acceptors (Lipinski definition) is 4. The van der Waals surface area contributed by atoms with Crippen LogP contribution in [0.3, 0.4) is 0 Å². The van der Waals surface area contributed by atoms with Gasteiger partial charge < -0.3 is 10.2 Å². The number of rotatable bonds is 4. The van der Waals surface area contributed by atoms with Gasteiger partial charge in [-0.2, -0.15) is 5.10 Å². The highest BCUT2D eigenvalue weighted by Gasteiger charge is 2.17. The lowest BCUT2D eigenvalue weighted by Crippen LogP contribution is -2.40. The number of hydrogen-bond donors (Lipinski definition) is 2. The van der Waals surface area contributed by atoms with Crippen LogP contribution >= 0.6 is 11.3 Å². The molecule has 1 fully saturated rings. The number of nitrogens with zero attached hydrogens (tertiary/aromatic N) is 2.